The van der Waals surface area contributed by atoms with E-state index in [2.05, 4.69) is 26.1 Å². The van der Waals surface area contributed by atoms with Crippen molar-refractivity contribution in [2.45, 2.75) is 27.0 Å². The number of nitrogens with one attached hydrogen (secondary N) is 1. The number of ether oxygens (including phenoxy) is 1. The lowest BCUT2D eigenvalue weighted by molar-refractivity contribution is 0.0495. The van der Waals surface area contributed by atoms with Gasteiger partial charge in [0.2, 0.25) is 0 Å². The van der Waals surface area contributed by atoms with Crippen LogP contribution in [-0.4, -0.2) is 6.23 Å². The van der Waals surface area contributed by atoms with Gasteiger partial charge in [0, 0.05) is 11.6 Å². The monoisotopic (exact) mass is 127 g/mol. The number of rotatable bonds is 0. The zero-order valence-corrected chi connectivity index (χ0v) is 6.14. The van der Waals surface area contributed by atoms with Crippen LogP contribution in [0.5, 0.6) is 0 Å². The maximum atomic E-state index is 5.23. The Hall–Kier alpha value is -0.660. The molecule has 2 heteroatoms. The summed E-state index contributed by atoms with van der Waals surface area (Å²) in [5.41, 5.74) is 0.184. The topological polar surface area (TPSA) is 21.3 Å². The van der Waals surface area contributed by atoms with Crippen LogP contribution in [0, 0.1) is 5.41 Å². The zero-order chi connectivity index (χ0) is 6.91. The Labute approximate surface area is 55.9 Å². The smallest absolute Gasteiger partial charge is 0.173 e. The van der Waals surface area contributed by atoms with Gasteiger partial charge >= 0.3 is 0 Å². The van der Waals surface area contributed by atoms with Gasteiger partial charge in [-0.05, 0) is 0 Å². The first-order valence-corrected chi connectivity index (χ1v) is 3.17. The summed E-state index contributed by atoms with van der Waals surface area (Å²) in [6.45, 7) is 6.41. The molecule has 52 valence electrons. The first-order chi connectivity index (χ1) is 4.11. The van der Waals surface area contributed by atoms with Gasteiger partial charge in [0.25, 0.3) is 0 Å². The molecule has 0 aliphatic carbocycles. The molecule has 0 aromatic carbocycles. The summed E-state index contributed by atoms with van der Waals surface area (Å²) in [7, 11) is 0. The van der Waals surface area contributed by atoms with Gasteiger partial charge in [-0.2, -0.15) is 0 Å². The van der Waals surface area contributed by atoms with Gasteiger partial charge in [0.05, 0.1) is 0 Å². The van der Waals surface area contributed by atoms with Crippen molar-refractivity contribution in [3.8, 4) is 0 Å². The van der Waals surface area contributed by atoms with Gasteiger partial charge in [0.1, 0.15) is 6.26 Å². The van der Waals surface area contributed by atoms with E-state index in [1.165, 1.54) is 0 Å². The molecule has 9 heavy (non-hydrogen) atoms. The molecule has 0 amide bonds. The summed E-state index contributed by atoms with van der Waals surface area (Å²) in [4.78, 5) is 0. The van der Waals surface area contributed by atoms with E-state index >= 15 is 0 Å². The van der Waals surface area contributed by atoms with E-state index in [0.717, 1.165) is 0 Å². The van der Waals surface area contributed by atoms with Gasteiger partial charge in [-0.3, -0.25) is 0 Å². The Bertz CT molecular complexity index is 115. The summed E-state index contributed by atoms with van der Waals surface area (Å²) in [6, 6.07) is 0. The fraction of sp³-hybridized carbons (Fsp3) is 0.714. The molecule has 1 N–H and O–H groups in total. The van der Waals surface area contributed by atoms with Crippen molar-refractivity contribution < 1.29 is 4.74 Å². The van der Waals surface area contributed by atoms with E-state index < -0.39 is 0 Å². The second-order valence-corrected chi connectivity index (χ2v) is 3.35. The average molecular weight is 127 g/mol. The van der Waals surface area contributed by atoms with Gasteiger partial charge in [-0.25, -0.2) is 0 Å². The second-order valence-electron chi connectivity index (χ2n) is 3.35. The summed E-state index contributed by atoms with van der Waals surface area (Å²) in [5.74, 6) is 0. The molecule has 1 unspecified atom stereocenters. The van der Waals surface area contributed by atoms with E-state index in [9.17, 15) is 0 Å². The summed E-state index contributed by atoms with van der Waals surface area (Å²) in [6.07, 6.45) is 3.67. The third-order valence-corrected chi connectivity index (χ3v) is 1.32. The fourth-order valence-electron chi connectivity index (χ4n) is 0.738. The van der Waals surface area contributed by atoms with E-state index in [0.29, 0.717) is 0 Å². The summed E-state index contributed by atoms with van der Waals surface area (Å²) < 4.78 is 5.23. The largest absolute Gasteiger partial charge is 0.476 e. The second kappa shape index (κ2) is 1.94. The normalized spacial score (nSPS) is 25.4. The van der Waals surface area contributed by atoms with Crippen LogP contribution in [0.25, 0.3) is 0 Å². The molecule has 1 heterocycles. The maximum Gasteiger partial charge on any atom is 0.173 e. The van der Waals surface area contributed by atoms with Crippen LogP contribution < -0.4 is 5.32 Å². The molecular weight excluding hydrogens is 114 g/mol. The van der Waals surface area contributed by atoms with E-state index in [-0.39, 0.29) is 11.6 Å². The van der Waals surface area contributed by atoms with Crippen molar-refractivity contribution in [1.82, 2.24) is 5.32 Å². The third kappa shape index (κ3) is 1.37. The first-order valence-electron chi connectivity index (χ1n) is 3.17. The molecule has 0 saturated heterocycles. The summed E-state index contributed by atoms with van der Waals surface area (Å²) in [5, 5.41) is 3.09. The van der Waals surface area contributed by atoms with Crippen molar-refractivity contribution in [3.05, 3.63) is 12.5 Å². The predicted octanol–water partition coefficient (Wildman–Crippen LogP) is 1.45. The van der Waals surface area contributed by atoms with E-state index in [4.69, 9.17) is 4.74 Å². The molecule has 1 atom stereocenters. The molecule has 0 saturated carbocycles. The van der Waals surface area contributed by atoms with Crippen LogP contribution in [0.3, 0.4) is 0 Å². The molecule has 1 aliphatic heterocycles. The lowest BCUT2D eigenvalue weighted by Crippen LogP contribution is -2.35. The lowest BCUT2D eigenvalue weighted by Gasteiger charge is -2.25. The Kier molecular flexibility index (Phi) is 1.39. The van der Waals surface area contributed by atoms with Crippen molar-refractivity contribution in [2.75, 3.05) is 0 Å². The minimum atomic E-state index is 0.150. The van der Waals surface area contributed by atoms with Crippen LogP contribution >= 0.6 is 0 Å². The average Bonchev–Trinajstić information content (AvgIpc) is 2.08. The van der Waals surface area contributed by atoms with Crippen LogP contribution in [0.4, 0.5) is 0 Å². The minimum absolute atomic E-state index is 0.150. The highest BCUT2D eigenvalue weighted by molar-refractivity contribution is 4.87. The van der Waals surface area contributed by atoms with Crippen molar-refractivity contribution in [3.63, 3.8) is 0 Å². The molecule has 1 rings (SSSR count). The van der Waals surface area contributed by atoms with Crippen molar-refractivity contribution in [2.24, 2.45) is 5.41 Å². The molecule has 0 aromatic rings. The number of hydrogen-bond donors (Lipinski definition) is 1. The first kappa shape index (κ1) is 6.46. The third-order valence-electron chi connectivity index (χ3n) is 1.32. The van der Waals surface area contributed by atoms with E-state index in [1.807, 2.05) is 6.20 Å². The Balaban J connectivity index is 2.46. The standard InChI is InChI=1S/C7H13NO/c1-7(2,3)6-8-4-5-9-6/h4-6,8H,1-3H3. The minimum Gasteiger partial charge on any atom is -0.476 e. The molecule has 0 spiro atoms. The molecule has 2 nitrogen and oxygen atoms in total. The molecule has 1 aliphatic rings. The highest BCUT2D eigenvalue weighted by atomic mass is 16.5. The zero-order valence-electron chi connectivity index (χ0n) is 6.14. The summed E-state index contributed by atoms with van der Waals surface area (Å²) >= 11 is 0. The van der Waals surface area contributed by atoms with E-state index in [1.54, 1.807) is 6.26 Å². The SMILES string of the molecule is CC(C)(C)C1NC=CO1. The fourth-order valence-corrected chi connectivity index (χ4v) is 0.738. The van der Waals surface area contributed by atoms with Crippen LogP contribution in [-0.2, 0) is 4.74 Å². The number of hydrogen-bond acceptors (Lipinski definition) is 2. The van der Waals surface area contributed by atoms with Crippen LogP contribution in [0.15, 0.2) is 12.5 Å². The van der Waals surface area contributed by atoms with Crippen molar-refractivity contribution >= 4 is 0 Å². The predicted molar refractivity (Wildman–Crippen MR) is 36.6 cm³/mol. The highest BCUT2D eigenvalue weighted by Crippen LogP contribution is 2.22. The lowest BCUT2D eigenvalue weighted by atomic mass is 9.94. The highest BCUT2D eigenvalue weighted by Gasteiger charge is 2.26. The molecular formula is C7H13NO. The molecule has 0 radical (unpaired) electrons. The maximum absolute atomic E-state index is 5.23. The quantitative estimate of drug-likeness (QED) is 0.531. The van der Waals surface area contributed by atoms with Gasteiger partial charge in [-0.1, -0.05) is 20.8 Å². The Morgan fingerprint density at radius 3 is 2.33 bits per heavy atom. The van der Waals surface area contributed by atoms with Gasteiger partial charge in [-0.15, -0.1) is 0 Å². The van der Waals surface area contributed by atoms with Gasteiger partial charge < -0.3 is 10.1 Å². The van der Waals surface area contributed by atoms with Gasteiger partial charge in [0.15, 0.2) is 6.23 Å². The molecule has 0 bridgehead atoms. The Morgan fingerprint density at radius 1 is 1.44 bits per heavy atom. The molecule has 0 aromatic heterocycles. The molecule has 0 fully saturated rings. The Morgan fingerprint density at radius 2 is 2.11 bits per heavy atom. The van der Waals surface area contributed by atoms with Crippen LogP contribution in [0.1, 0.15) is 20.8 Å². The van der Waals surface area contributed by atoms with Crippen LogP contribution in [0.2, 0.25) is 0 Å². The van der Waals surface area contributed by atoms with Crippen molar-refractivity contribution in [1.29, 1.82) is 0 Å².